The van der Waals surface area contributed by atoms with Crippen molar-refractivity contribution in [1.29, 1.82) is 0 Å². The molecule has 0 bridgehead atoms. The van der Waals surface area contributed by atoms with Gasteiger partial charge in [0.1, 0.15) is 5.37 Å². The van der Waals surface area contributed by atoms with Gasteiger partial charge in [0, 0.05) is 17.3 Å². The Balaban J connectivity index is 1.73. The number of hydrogen-bond acceptors (Lipinski definition) is 3. The predicted molar refractivity (Wildman–Crippen MR) is 136 cm³/mol. The van der Waals surface area contributed by atoms with Crippen molar-refractivity contribution in [3.8, 4) is 0 Å². The molecule has 2 aromatic carbocycles. The summed E-state index contributed by atoms with van der Waals surface area (Å²) in [5, 5.41) is 3.01. The number of carbonyl (C=O) groups is 2. The summed E-state index contributed by atoms with van der Waals surface area (Å²) in [6.45, 7) is 10.8. The van der Waals surface area contributed by atoms with Crippen LogP contribution in [0.25, 0.3) is 0 Å². The van der Waals surface area contributed by atoms with E-state index in [1.807, 2.05) is 41.3 Å². The number of anilines is 2. The zero-order chi connectivity index (χ0) is 23.3. The standard InChI is InChI=1S/C27H36N2O2S/c1-6-8-9-19(7-2)25(31)28-22-14-10-20(11-15-22)26-29(24(30)18-32-26)23-16-12-21(13-17-23)27(3,4)5/h10-17,19,26H,6-9,18H2,1-5H3,(H,28,31)/t19-,26+/m0/s1. The third kappa shape index (κ3) is 5.74. The van der Waals surface area contributed by atoms with E-state index in [0.29, 0.717) is 5.75 Å². The largest absolute Gasteiger partial charge is 0.326 e. The molecular formula is C27H36N2O2S. The molecular weight excluding hydrogens is 416 g/mol. The van der Waals surface area contributed by atoms with E-state index in [2.05, 4.69) is 52.1 Å². The van der Waals surface area contributed by atoms with E-state index in [1.165, 1.54) is 5.56 Å². The van der Waals surface area contributed by atoms with Crippen molar-refractivity contribution in [3.05, 3.63) is 59.7 Å². The maximum atomic E-state index is 12.7. The van der Waals surface area contributed by atoms with Gasteiger partial charge in [0.25, 0.3) is 0 Å². The van der Waals surface area contributed by atoms with Crippen LogP contribution in [-0.4, -0.2) is 17.6 Å². The van der Waals surface area contributed by atoms with E-state index < -0.39 is 0 Å². The molecule has 1 aliphatic rings. The Kier molecular flexibility index (Phi) is 8.05. The number of nitrogens with one attached hydrogen (secondary N) is 1. The van der Waals surface area contributed by atoms with Crippen LogP contribution in [0, 0.1) is 5.92 Å². The highest BCUT2D eigenvalue weighted by atomic mass is 32.2. The molecule has 1 heterocycles. The molecule has 0 radical (unpaired) electrons. The molecule has 5 heteroatoms. The summed E-state index contributed by atoms with van der Waals surface area (Å²) in [6.07, 6.45) is 3.96. The van der Waals surface area contributed by atoms with Crippen molar-refractivity contribution >= 4 is 35.0 Å². The normalized spacial score (nSPS) is 17.5. The number of unbranched alkanes of at least 4 members (excludes halogenated alkanes) is 1. The molecule has 1 fully saturated rings. The minimum Gasteiger partial charge on any atom is -0.326 e. The van der Waals surface area contributed by atoms with E-state index in [9.17, 15) is 9.59 Å². The third-order valence-electron chi connectivity index (χ3n) is 6.11. The van der Waals surface area contributed by atoms with Gasteiger partial charge in [-0.3, -0.25) is 14.5 Å². The van der Waals surface area contributed by atoms with Crippen LogP contribution in [-0.2, 0) is 15.0 Å². The predicted octanol–water partition coefficient (Wildman–Crippen LogP) is 6.92. The average molecular weight is 453 g/mol. The summed E-state index contributed by atoms with van der Waals surface area (Å²) in [6, 6.07) is 16.3. The van der Waals surface area contributed by atoms with Crippen molar-refractivity contribution in [1.82, 2.24) is 0 Å². The van der Waals surface area contributed by atoms with Gasteiger partial charge in [0.15, 0.2) is 0 Å². The zero-order valence-corrected chi connectivity index (χ0v) is 20.8. The summed E-state index contributed by atoms with van der Waals surface area (Å²) < 4.78 is 0. The molecule has 2 atom stereocenters. The summed E-state index contributed by atoms with van der Waals surface area (Å²) >= 11 is 1.64. The SMILES string of the molecule is CCCC[C@H](CC)C(=O)Nc1ccc([C@H]2SCC(=O)N2c2ccc(C(C)(C)C)cc2)cc1. The van der Waals surface area contributed by atoms with Crippen molar-refractivity contribution in [3.63, 3.8) is 0 Å². The van der Waals surface area contributed by atoms with Crippen LogP contribution in [0.4, 0.5) is 11.4 Å². The lowest BCUT2D eigenvalue weighted by molar-refractivity contribution is -0.120. The van der Waals surface area contributed by atoms with E-state index in [-0.39, 0.29) is 28.5 Å². The van der Waals surface area contributed by atoms with Crippen LogP contribution >= 0.6 is 11.8 Å². The van der Waals surface area contributed by atoms with Crippen molar-refractivity contribution in [2.75, 3.05) is 16.0 Å². The molecule has 0 saturated carbocycles. The summed E-state index contributed by atoms with van der Waals surface area (Å²) in [7, 11) is 0. The van der Waals surface area contributed by atoms with Gasteiger partial charge in [-0.1, -0.05) is 71.7 Å². The Labute approximate surface area is 197 Å². The van der Waals surface area contributed by atoms with Gasteiger partial charge in [-0.15, -0.1) is 11.8 Å². The number of carbonyl (C=O) groups excluding carboxylic acids is 2. The van der Waals surface area contributed by atoms with E-state index in [4.69, 9.17) is 0 Å². The van der Waals surface area contributed by atoms with E-state index in [1.54, 1.807) is 11.8 Å². The molecule has 3 rings (SSSR count). The Morgan fingerprint density at radius 1 is 1.09 bits per heavy atom. The number of hydrogen-bond donors (Lipinski definition) is 1. The second kappa shape index (κ2) is 10.6. The van der Waals surface area contributed by atoms with Crippen molar-refractivity contribution in [2.45, 2.75) is 71.1 Å². The van der Waals surface area contributed by atoms with E-state index >= 15 is 0 Å². The van der Waals surface area contributed by atoms with Crippen LogP contribution in [0.15, 0.2) is 48.5 Å². The Morgan fingerprint density at radius 2 is 1.75 bits per heavy atom. The lowest BCUT2D eigenvalue weighted by atomic mass is 9.87. The quantitative estimate of drug-likeness (QED) is 0.473. The van der Waals surface area contributed by atoms with Gasteiger partial charge in [0.05, 0.1) is 5.75 Å². The highest BCUT2D eigenvalue weighted by Crippen LogP contribution is 2.42. The van der Waals surface area contributed by atoms with Crippen LogP contribution in [0.5, 0.6) is 0 Å². The number of amides is 2. The van der Waals surface area contributed by atoms with Gasteiger partial charge in [-0.2, -0.15) is 0 Å². The van der Waals surface area contributed by atoms with Gasteiger partial charge < -0.3 is 5.32 Å². The first-order chi connectivity index (χ1) is 15.2. The molecule has 0 unspecified atom stereocenters. The molecule has 1 saturated heterocycles. The van der Waals surface area contributed by atoms with Crippen LogP contribution in [0.1, 0.15) is 76.8 Å². The van der Waals surface area contributed by atoms with Gasteiger partial charge in [-0.25, -0.2) is 0 Å². The average Bonchev–Trinajstić information content (AvgIpc) is 3.15. The molecule has 0 aliphatic carbocycles. The Bertz CT molecular complexity index is 916. The van der Waals surface area contributed by atoms with E-state index in [0.717, 1.165) is 42.6 Å². The molecule has 2 amide bonds. The molecule has 0 spiro atoms. The number of nitrogens with zero attached hydrogens (tertiary/aromatic N) is 1. The summed E-state index contributed by atoms with van der Waals surface area (Å²) in [5.74, 6) is 0.756. The first kappa shape index (κ1) is 24.4. The number of thioether (sulfide) groups is 1. The highest BCUT2D eigenvalue weighted by molar-refractivity contribution is 8.00. The maximum Gasteiger partial charge on any atom is 0.238 e. The monoisotopic (exact) mass is 452 g/mol. The van der Waals surface area contributed by atoms with Crippen molar-refractivity contribution < 1.29 is 9.59 Å². The van der Waals surface area contributed by atoms with Crippen LogP contribution < -0.4 is 10.2 Å². The summed E-state index contributed by atoms with van der Waals surface area (Å²) in [4.78, 5) is 27.2. The van der Waals surface area contributed by atoms with Crippen LogP contribution in [0.2, 0.25) is 0 Å². The van der Waals surface area contributed by atoms with Crippen molar-refractivity contribution in [2.24, 2.45) is 5.92 Å². The van der Waals surface area contributed by atoms with Gasteiger partial charge in [0.2, 0.25) is 11.8 Å². The van der Waals surface area contributed by atoms with Gasteiger partial charge in [-0.05, 0) is 53.6 Å². The fourth-order valence-electron chi connectivity index (χ4n) is 4.02. The molecule has 32 heavy (non-hydrogen) atoms. The number of rotatable bonds is 8. The fraction of sp³-hybridized carbons (Fsp3) is 0.481. The molecule has 172 valence electrons. The lowest BCUT2D eigenvalue weighted by Gasteiger charge is -2.26. The maximum absolute atomic E-state index is 12.7. The Morgan fingerprint density at radius 3 is 2.31 bits per heavy atom. The Hall–Kier alpha value is -2.27. The van der Waals surface area contributed by atoms with Gasteiger partial charge >= 0.3 is 0 Å². The van der Waals surface area contributed by atoms with Crippen LogP contribution in [0.3, 0.4) is 0 Å². The zero-order valence-electron chi connectivity index (χ0n) is 20.0. The highest BCUT2D eigenvalue weighted by Gasteiger charge is 2.34. The third-order valence-corrected chi connectivity index (χ3v) is 7.32. The second-order valence-electron chi connectivity index (χ2n) is 9.58. The molecule has 2 aromatic rings. The minimum absolute atomic E-state index is 0.0549. The first-order valence-electron chi connectivity index (χ1n) is 11.7. The fourth-order valence-corrected chi connectivity index (χ4v) is 5.20. The first-order valence-corrected chi connectivity index (χ1v) is 12.7. The topological polar surface area (TPSA) is 49.4 Å². The molecule has 1 aliphatic heterocycles. The number of benzene rings is 2. The minimum atomic E-state index is -0.0549. The lowest BCUT2D eigenvalue weighted by Crippen LogP contribution is -2.28. The summed E-state index contributed by atoms with van der Waals surface area (Å²) in [5.41, 5.74) is 4.13. The second-order valence-corrected chi connectivity index (χ2v) is 10.7. The molecule has 4 nitrogen and oxygen atoms in total. The molecule has 1 N–H and O–H groups in total. The smallest absolute Gasteiger partial charge is 0.238 e. The molecule has 0 aromatic heterocycles.